The fourth-order valence-electron chi connectivity index (χ4n) is 4.17. The Morgan fingerprint density at radius 3 is 2.56 bits per heavy atom. The summed E-state index contributed by atoms with van der Waals surface area (Å²) in [6, 6.07) is 6.87. The zero-order valence-electron chi connectivity index (χ0n) is 19.2. The Morgan fingerprint density at radius 1 is 1.16 bits per heavy atom. The second-order valence-electron chi connectivity index (χ2n) is 8.08. The predicted octanol–water partition coefficient (Wildman–Crippen LogP) is 2.82. The standard InChI is InChI=1S/C24H33FN4O3/c1-4-32-24(31)23-17(2)19(18(3)27-23)9-10-22(30)26-11-12-28-13-15-29(16-14-28)21-8-6-5-7-20(21)25/h5-8,27H,4,9-16H2,1-3H3,(H,26,30). The maximum atomic E-state index is 14.0. The fraction of sp³-hybridized carbons (Fsp3) is 0.500. The van der Waals surface area contributed by atoms with E-state index >= 15 is 0 Å². The molecule has 174 valence electrons. The van der Waals surface area contributed by atoms with Crippen molar-refractivity contribution in [1.29, 1.82) is 0 Å². The van der Waals surface area contributed by atoms with Crippen LogP contribution in [-0.2, 0) is 16.0 Å². The van der Waals surface area contributed by atoms with Crippen molar-refractivity contribution < 1.29 is 18.7 Å². The van der Waals surface area contributed by atoms with E-state index in [9.17, 15) is 14.0 Å². The van der Waals surface area contributed by atoms with Crippen LogP contribution >= 0.6 is 0 Å². The summed E-state index contributed by atoms with van der Waals surface area (Å²) < 4.78 is 19.0. The van der Waals surface area contributed by atoms with Crippen LogP contribution in [-0.4, -0.2) is 67.6 Å². The molecule has 1 aliphatic heterocycles. The molecule has 0 spiro atoms. The maximum Gasteiger partial charge on any atom is 0.355 e. The second-order valence-corrected chi connectivity index (χ2v) is 8.08. The van der Waals surface area contributed by atoms with Crippen molar-refractivity contribution in [1.82, 2.24) is 15.2 Å². The fourth-order valence-corrected chi connectivity index (χ4v) is 4.17. The number of piperazine rings is 1. The van der Waals surface area contributed by atoms with Gasteiger partial charge in [0.2, 0.25) is 5.91 Å². The first kappa shape index (κ1) is 23.8. The molecule has 8 heteroatoms. The molecular formula is C24H33FN4O3. The minimum atomic E-state index is -0.362. The van der Waals surface area contributed by atoms with Gasteiger partial charge in [-0.1, -0.05) is 12.1 Å². The largest absolute Gasteiger partial charge is 0.461 e. The van der Waals surface area contributed by atoms with Gasteiger partial charge in [0, 0.05) is 51.4 Å². The normalized spacial score (nSPS) is 14.4. The molecule has 0 saturated carbocycles. The first-order chi connectivity index (χ1) is 15.4. The molecule has 3 rings (SSSR count). The lowest BCUT2D eigenvalue weighted by Gasteiger charge is -2.36. The van der Waals surface area contributed by atoms with E-state index in [2.05, 4.69) is 20.1 Å². The Balaban J connectivity index is 1.38. The van der Waals surface area contributed by atoms with Gasteiger partial charge in [0.25, 0.3) is 0 Å². The molecule has 1 aliphatic rings. The molecule has 0 radical (unpaired) electrons. The highest BCUT2D eigenvalue weighted by molar-refractivity contribution is 5.90. The topological polar surface area (TPSA) is 77.7 Å². The predicted molar refractivity (Wildman–Crippen MR) is 123 cm³/mol. The number of amides is 1. The molecule has 1 fully saturated rings. The van der Waals surface area contributed by atoms with Crippen LogP contribution in [0.2, 0.25) is 0 Å². The van der Waals surface area contributed by atoms with Gasteiger partial charge < -0.3 is 19.9 Å². The summed E-state index contributed by atoms with van der Waals surface area (Å²) in [5.74, 6) is -0.554. The molecule has 7 nitrogen and oxygen atoms in total. The number of rotatable bonds is 9. The molecule has 0 atom stereocenters. The number of nitrogens with zero attached hydrogens (tertiary/aromatic N) is 2. The van der Waals surface area contributed by atoms with Crippen molar-refractivity contribution in [2.24, 2.45) is 0 Å². The molecule has 1 aromatic heterocycles. The number of aromatic amines is 1. The number of H-pyrrole nitrogens is 1. The van der Waals surface area contributed by atoms with E-state index in [1.54, 1.807) is 13.0 Å². The van der Waals surface area contributed by atoms with Crippen LogP contribution in [0.5, 0.6) is 0 Å². The van der Waals surface area contributed by atoms with E-state index < -0.39 is 0 Å². The quantitative estimate of drug-likeness (QED) is 0.582. The third-order valence-corrected chi connectivity index (χ3v) is 5.99. The summed E-state index contributed by atoms with van der Waals surface area (Å²) in [6.07, 6.45) is 0.934. The zero-order valence-corrected chi connectivity index (χ0v) is 19.2. The molecule has 1 saturated heterocycles. The number of anilines is 1. The van der Waals surface area contributed by atoms with Gasteiger partial charge in [-0.15, -0.1) is 0 Å². The van der Waals surface area contributed by atoms with E-state index in [1.165, 1.54) is 6.07 Å². The van der Waals surface area contributed by atoms with Gasteiger partial charge in [0.15, 0.2) is 0 Å². The molecular weight excluding hydrogens is 411 g/mol. The number of aromatic nitrogens is 1. The summed E-state index contributed by atoms with van der Waals surface area (Å²) in [7, 11) is 0. The van der Waals surface area contributed by atoms with Crippen LogP contribution in [0, 0.1) is 19.7 Å². The first-order valence-electron chi connectivity index (χ1n) is 11.2. The first-order valence-corrected chi connectivity index (χ1v) is 11.2. The monoisotopic (exact) mass is 444 g/mol. The minimum absolute atomic E-state index is 0.00678. The zero-order chi connectivity index (χ0) is 23.1. The number of carbonyl (C=O) groups excluding carboxylic acids is 2. The Kier molecular flexibility index (Phi) is 8.27. The van der Waals surface area contributed by atoms with Crippen LogP contribution in [0.15, 0.2) is 24.3 Å². The number of benzene rings is 1. The lowest BCUT2D eigenvalue weighted by atomic mass is 10.0. The molecule has 2 heterocycles. The van der Waals surface area contributed by atoms with Gasteiger partial charge in [-0.3, -0.25) is 9.69 Å². The molecule has 2 aromatic rings. The smallest absolute Gasteiger partial charge is 0.355 e. The highest BCUT2D eigenvalue weighted by atomic mass is 19.1. The lowest BCUT2D eigenvalue weighted by Crippen LogP contribution is -2.48. The molecule has 32 heavy (non-hydrogen) atoms. The number of halogens is 1. The van der Waals surface area contributed by atoms with Crippen LogP contribution in [0.3, 0.4) is 0 Å². The van der Waals surface area contributed by atoms with E-state index in [1.807, 2.05) is 26.0 Å². The molecule has 1 amide bonds. The lowest BCUT2D eigenvalue weighted by molar-refractivity contribution is -0.121. The summed E-state index contributed by atoms with van der Waals surface area (Å²) >= 11 is 0. The number of esters is 1. The van der Waals surface area contributed by atoms with Gasteiger partial charge in [-0.2, -0.15) is 0 Å². The number of hydrogen-bond donors (Lipinski definition) is 2. The molecule has 2 N–H and O–H groups in total. The summed E-state index contributed by atoms with van der Waals surface area (Å²) in [5, 5.41) is 2.98. The highest BCUT2D eigenvalue weighted by Gasteiger charge is 2.20. The van der Waals surface area contributed by atoms with Gasteiger partial charge >= 0.3 is 5.97 Å². The van der Waals surface area contributed by atoms with Crippen molar-refractivity contribution in [3.05, 3.63) is 52.6 Å². The number of para-hydroxylation sites is 1. The van der Waals surface area contributed by atoms with Gasteiger partial charge in [0.1, 0.15) is 11.5 Å². The summed E-state index contributed by atoms with van der Waals surface area (Å²) in [4.78, 5) is 31.8. The summed E-state index contributed by atoms with van der Waals surface area (Å²) in [5.41, 5.74) is 3.86. The van der Waals surface area contributed by atoms with Crippen LogP contribution in [0.1, 0.15) is 40.7 Å². The van der Waals surface area contributed by atoms with Crippen molar-refractivity contribution >= 4 is 17.6 Å². The molecule has 0 bridgehead atoms. The Bertz CT molecular complexity index is 935. The number of carbonyl (C=O) groups is 2. The van der Waals surface area contributed by atoms with E-state index in [4.69, 9.17) is 4.74 Å². The highest BCUT2D eigenvalue weighted by Crippen LogP contribution is 2.21. The van der Waals surface area contributed by atoms with Crippen LogP contribution in [0.25, 0.3) is 0 Å². The second kappa shape index (κ2) is 11.1. The number of aryl methyl sites for hydroxylation is 1. The summed E-state index contributed by atoms with van der Waals surface area (Å²) in [6.45, 7) is 10.4. The SMILES string of the molecule is CCOC(=O)c1[nH]c(C)c(CCC(=O)NCCN2CCN(c3ccccc3F)CC2)c1C. The molecule has 0 unspecified atom stereocenters. The minimum Gasteiger partial charge on any atom is -0.461 e. The van der Waals surface area contributed by atoms with Gasteiger partial charge in [-0.25, -0.2) is 9.18 Å². The average molecular weight is 445 g/mol. The van der Waals surface area contributed by atoms with Crippen molar-refractivity contribution in [3.8, 4) is 0 Å². The third kappa shape index (κ3) is 5.88. The average Bonchev–Trinajstić information content (AvgIpc) is 3.07. The Labute approximate surface area is 188 Å². The van der Waals surface area contributed by atoms with Gasteiger partial charge in [0.05, 0.1) is 12.3 Å². The van der Waals surface area contributed by atoms with Gasteiger partial charge in [-0.05, 0) is 50.5 Å². The Hall–Kier alpha value is -2.87. The molecule has 1 aromatic carbocycles. The van der Waals surface area contributed by atoms with Crippen molar-refractivity contribution in [2.75, 3.05) is 50.8 Å². The van der Waals surface area contributed by atoms with Crippen molar-refractivity contribution in [2.45, 2.75) is 33.6 Å². The van der Waals surface area contributed by atoms with E-state index in [0.29, 0.717) is 37.4 Å². The number of nitrogens with one attached hydrogen (secondary N) is 2. The molecule has 0 aliphatic carbocycles. The van der Waals surface area contributed by atoms with Crippen molar-refractivity contribution in [3.63, 3.8) is 0 Å². The number of ether oxygens (including phenoxy) is 1. The van der Waals surface area contributed by atoms with E-state index in [0.717, 1.165) is 49.5 Å². The van der Waals surface area contributed by atoms with E-state index in [-0.39, 0.29) is 17.7 Å². The van der Waals surface area contributed by atoms with Crippen LogP contribution in [0.4, 0.5) is 10.1 Å². The Morgan fingerprint density at radius 2 is 1.88 bits per heavy atom. The number of hydrogen-bond acceptors (Lipinski definition) is 5. The maximum absolute atomic E-state index is 14.0. The van der Waals surface area contributed by atoms with Crippen LogP contribution < -0.4 is 10.2 Å². The third-order valence-electron chi connectivity index (χ3n) is 5.99.